The van der Waals surface area contributed by atoms with Gasteiger partial charge in [-0.25, -0.2) is 4.79 Å². The minimum Gasteiger partial charge on any atom is -0.458 e. The molecule has 94 valence electrons. The highest BCUT2D eigenvalue weighted by Gasteiger charge is 2.62. The number of ether oxygens (including phenoxy) is 1. The average Bonchev–Trinajstić information content (AvgIpc) is 2.60. The van der Waals surface area contributed by atoms with E-state index in [1.54, 1.807) is 0 Å². The van der Waals surface area contributed by atoms with Gasteiger partial charge < -0.3 is 4.74 Å². The molecule has 2 rings (SSSR count). The highest BCUT2D eigenvalue weighted by molar-refractivity contribution is 5.87. The average molecular weight is 234 g/mol. The van der Waals surface area contributed by atoms with E-state index in [0.29, 0.717) is 12.3 Å². The van der Waals surface area contributed by atoms with Crippen LogP contribution in [-0.2, 0) is 9.53 Å². The molecule has 2 aliphatic rings. The van der Waals surface area contributed by atoms with Crippen molar-refractivity contribution in [1.29, 1.82) is 0 Å². The molecule has 0 N–H and O–H groups in total. The van der Waals surface area contributed by atoms with Crippen molar-refractivity contribution in [2.45, 2.75) is 59.5 Å². The van der Waals surface area contributed by atoms with Crippen molar-refractivity contribution in [1.82, 2.24) is 0 Å². The van der Waals surface area contributed by atoms with Crippen molar-refractivity contribution in [3.05, 3.63) is 12.2 Å². The molecule has 0 saturated heterocycles. The summed E-state index contributed by atoms with van der Waals surface area (Å²) in [5.41, 5.74) is 0.447. The molecule has 0 amide bonds. The molecular formula is C15H22O2. The van der Waals surface area contributed by atoms with Crippen molar-refractivity contribution in [2.75, 3.05) is 0 Å². The quantitative estimate of drug-likeness (QED) is 0.552. The molecule has 2 aliphatic carbocycles. The second-order valence-corrected chi connectivity index (χ2v) is 6.34. The Labute approximate surface area is 104 Å². The zero-order chi connectivity index (χ0) is 12.8. The first kappa shape index (κ1) is 12.7. The van der Waals surface area contributed by atoms with E-state index in [2.05, 4.69) is 20.8 Å². The van der Waals surface area contributed by atoms with Gasteiger partial charge in [-0.15, -0.1) is 0 Å². The van der Waals surface area contributed by atoms with Crippen molar-refractivity contribution in [2.24, 2.45) is 16.7 Å². The van der Waals surface area contributed by atoms with Crippen molar-refractivity contribution in [3.63, 3.8) is 0 Å². The van der Waals surface area contributed by atoms with Gasteiger partial charge >= 0.3 is 5.97 Å². The third-order valence-electron chi connectivity index (χ3n) is 5.56. The third-order valence-corrected chi connectivity index (χ3v) is 5.56. The number of carbonyl (C=O) groups is 1. The molecule has 3 atom stereocenters. The summed E-state index contributed by atoms with van der Waals surface area (Å²) in [5, 5.41) is 0. The van der Waals surface area contributed by atoms with E-state index in [-0.39, 0.29) is 22.5 Å². The first-order valence-electron chi connectivity index (χ1n) is 6.61. The van der Waals surface area contributed by atoms with E-state index in [4.69, 9.17) is 11.3 Å². The Bertz CT molecular complexity index is 356. The maximum absolute atomic E-state index is 11.7. The Morgan fingerprint density at radius 1 is 1.41 bits per heavy atom. The fourth-order valence-electron chi connectivity index (χ4n) is 3.65. The number of hydrogen-bond donors (Lipinski definition) is 0. The van der Waals surface area contributed by atoms with E-state index in [0.717, 1.165) is 12.8 Å². The summed E-state index contributed by atoms with van der Waals surface area (Å²) in [7, 11) is 0. The van der Waals surface area contributed by atoms with E-state index < -0.39 is 5.97 Å². The highest BCUT2D eigenvalue weighted by Crippen LogP contribution is 2.66. The largest absolute Gasteiger partial charge is 0.458 e. The van der Waals surface area contributed by atoms with Gasteiger partial charge in [0.25, 0.3) is 0 Å². The molecule has 17 heavy (non-hydrogen) atoms. The molecule has 2 bridgehead atoms. The third kappa shape index (κ3) is 1.64. The summed E-state index contributed by atoms with van der Waals surface area (Å²) in [5.74, 6) is 0.253. The molecule has 0 heterocycles. The van der Waals surface area contributed by atoms with Gasteiger partial charge in [-0.3, -0.25) is 0 Å². The number of carbonyl (C=O) groups excluding carboxylic acids is 1. The van der Waals surface area contributed by atoms with Crippen molar-refractivity contribution >= 4 is 5.97 Å². The maximum atomic E-state index is 11.7. The summed E-state index contributed by atoms with van der Waals surface area (Å²) < 4.78 is 5.57. The van der Waals surface area contributed by atoms with Crippen LogP contribution in [0.15, 0.2) is 5.57 Å². The van der Waals surface area contributed by atoms with Crippen LogP contribution in [0, 0.1) is 23.3 Å². The number of rotatable bonds is 3. The lowest BCUT2D eigenvalue weighted by molar-refractivity contribution is -0.152. The lowest BCUT2D eigenvalue weighted by Crippen LogP contribution is -2.38. The first-order chi connectivity index (χ1) is 7.83. The zero-order valence-electron chi connectivity index (χ0n) is 11.3. The van der Waals surface area contributed by atoms with Crippen LogP contribution in [-0.4, -0.2) is 12.1 Å². The van der Waals surface area contributed by atoms with Crippen LogP contribution >= 0.6 is 0 Å². The van der Waals surface area contributed by atoms with Crippen molar-refractivity contribution in [3.8, 4) is 0 Å². The Morgan fingerprint density at radius 3 is 2.47 bits per heavy atom. The zero-order valence-corrected chi connectivity index (χ0v) is 11.3. The molecule has 0 spiro atoms. The lowest BCUT2D eigenvalue weighted by Gasteiger charge is -2.38. The van der Waals surface area contributed by atoms with Gasteiger partial charge in [0.2, 0.25) is 0 Å². The normalized spacial score (nSPS) is 38.1. The van der Waals surface area contributed by atoms with Gasteiger partial charge in [0, 0.05) is 17.6 Å². The number of hydrogen-bond acceptors (Lipinski definition) is 2. The van der Waals surface area contributed by atoms with Crippen LogP contribution in [0.1, 0.15) is 53.4 Å². The fourth-order valence-corrected chi connectivity index (χ4v) is 3.65. The summed E-state index contributed by atoms with van der Waals surface area (Å²) in [6.45, 7) is 16.2. The van der Waals surface area contributed by atoms with Gasteiger partial charge in [0.15, 0.2) is 0 Å². The number of esters is 1. The summed E-state index contributed by atoms with van der Waals surface area (Å²) in [4.78, 5) is 11.7. The summed E-state index contributed by atoms with van der Waals surface area (Å²) in [6, 6.07) is 0. The van der Waals surface area contributed by atoms with Gasteiger partial charge in [-0.2, -0.15) is 0 Å². The molecule has 2 fully saturated rings. The van der Waals surface area contributed by atoms with Crippen molar-refractivity contribution < 1.29 is 9.53 Å². The smallest absolute Gasteiger partial charge is 0.334 e. The molecule has 2 radical (unpaired) electrons. The van der Waals surface area contributed by atoms with Crippen LogP contribution < -0.4 is 0 Å². The Morgan fingerprint density at radius 2 is 2.06 bits per heavy atom. The van der Waals surface area contributed by atoms with E-state index in [9.17, 15) is 4.79 Å². The molecule has 2 nitrogen and oxygen atoms in total. The second-order valence-electron chi connectivity index (χ2n) is 6.34. The molecule has 0 aromatic carbocycles. The molecule has 2 heteroatoms. The SMILES string of the molecule is [C]=C(CC)C(=O)O[C@@H]1C[C@@H]2CC[C@@]1(C)C2(C)C. The predicted octanol–water partition coefficient (Wildman–Crippen LogP) is 3.39. The molecule has 0 aromatic rings. The standard InChI is InChI=1S/C15H22O2/c1-6-10(2)13(16)17-12-9-11-7-8-15(12,5)14(11,3)4/h11-12H,6-9H2,1,3-5H3/t11-,12+,15+/m0/s1. The van der Waals surface area contributed by atoms with Gasteiger partial charge in [0.1, 0.15) is 6.10 Å². The first-order valence-corrected chi connectivity index (χ1v) is 6.61. The molecule has 0 aromatic heterocycles. The minimum atomic E-state index is -0.415. The van der Waals surface area contributed by atoms with Gasteiger partial charge in [0.05, 0.1) is 0 Å². The molecule has 0 unspecified atom stereocenters. The number of fused-ring (bicyclic) bond motifs is 2. The predicted molar refractivity (Wildman–Crippen MR) is 66.2 cm³/mol. The second kappa shape index (κ2) is 3.86. The van der Waals surface area contributed by atoms with E-state index in [1.807, 2.05) is 6.92 Å². The van der Waals surface area contributed by atoms with Crippen LogP contribution in [0.25, 0.3) is 0 Å². The fraction of sp³-hybridized carbons (Fsp3) is 0.800. The van der Waals surface area contributed by atoms with E-state index in [1.165, 1.54) is 6.42 Å². The molecular weight excluding hydrogens is 212 g/mol. The van der Waals surface area contributed by atoms with Gasteiger partial charge in [-0.05, 0) is 37.0 Å². The van der Waals surface area contributed by atoms with Gasteiger partial charge in [-0.1, -0.05) is 27.7 Å². The van der Waals surface area contributed by atoms with Crippen LogP contribution in [0.2, 0.25) is 0 Å². The summed E-state index contributed by atoms with van der Waals surface area (Å²) in [6.07, 6.45) is 3.84. The molecule has 0 aliphatic heterocycles. The topological polar surface area (TPSA) is 26.3 Å². The molecule has 2 saturated carbocycles. The Balaban J connectivity index is 2.11. The monoisotopic (exact) mass is 234 g/mol. The lowest BCUT2D eigenvalue weighted by atomic mass is 9.70. The minimum absolute atomic E-state index is 0.00986. The summed E-state index contributed by atoms with van der Waals surface area (Å²) >= 11 is 0. The van der Waals surface area contributed by atoms with Crippen LogP contribution in [0.4, 0.5) is 0 Å². The maximum Gasteiger partial charge on any atom is 0.334 e. The van der Waals surface area contributed by atoms with Crippen LogP contribution in [0.3, 0.4) is 0 Å². The Hall–Kier alpha value is -0.790. The van der Waals surface area contributed by atoms with Crippen LogP contribution in [0.5, 0.6) is 0 Å². The Kier molecular flexibility index (Phi) is 2.87. The highest BCUT2D eigenvalue weighted by atomic mass is 16.5. The van der Waals surface area contributed by atoms with E-state index >= 15 is 0 Å².